The highest BCUT2D eigenvalue weighted by molar-refractivity contribution is 5.18. The van der Waals surface area contributed by atoms with Gasteiger partial charge in [0, 0.05) is 25.0 Å². The fraction of sp³-hybridized carbons (Fsp3) is 0.231. The second kappa shape index (κ2) is 4.80. The van der Waals surface area contributed by atoms with Crippen LogP contribution in [0.1, 0.15) is 24.1 Å². The molecular weight excluding hydrogens is 184 g/mol. The van der Waals surface area contributed by atoms with E-state index in [0.29, 0.717) is 6.04 Å². The maximum absolute atomic E-state index is 3.48. The maximum Gasteiger partial charge on any atom is 0.0294 e. The molecule has 1 aromatic heterocycles. The molecule has 1 atom stereocenters. The highest BCUT2D eigenvalue weighted by Gasteiger charge is 2.03. The number of H-pyrrole nitrogens is 1. The van der Waals surface area contributed by atoms with Crippen molar-refractivity contribution in [2.24, 2.45) is 0 Å². The van der Waals surface area contributed by atoms with Crippen LogP contribution in [0.4, 0.5) is 0 Å². The number of rotatable bonds is 4. The minimum Gasteiger partial charge on any atom is -0.367 e. The first-order chi connectivity index (χ1) is 7.36. The van der Waals surface area contributed by atoms with Crippen molar-refractivity contribution in [3.8, 4) is 0 Å². The second-order valence-corrected chi connectivity index (χ2v) is 3.73. The van der Waals surface area contributed by atoms with Crippen LogP contribution in [0, 0.1) is 0 Å². The molecule has 78 valence electrons. The fourth-order valence-corrected chi connectivity index (χ4v) is 1.60. The predicted molar refractivity (Wildman–Crippen MR) is 62.5 cm³/mol. The Morgan fingerprint density at radius 3 is 2.67 bits per heavy atom. The standard InChI is InChI=1S/C13H16N2/c1-11(13-5-3-2-4-6-13)15-10-12-7-8-14-9-12/h2-9,11,14-15H,10H2,1H3/t11-/m0/s1. The van der Waals surface area contributed by atoms with Crippen LogP contribution in [0.3, 0.4) is 0 Å². The van der Waals surface area contributed by atoms with Crippen LogP contribution < -0.4 is 5.32 Å². The summed E-state index contributed by atoms with van der Waals surface area (Å²) in [6.45, 7) is 3.08. The Bertz CT molecular complexity index is 378. The van der Waals surface area contributed by atoms with Gasteiger partial charge in [-0.2, -0.15) is 0 Å². The average molecular weight is 200 g/mol. The molecule has 0 bridgehead atoms. The zero-order valence-corrected chi connectivity index (χ0v) is 8.90. The molecule has 2 aromatic rings. The molecule has 2 nitrogen and oxygen atoms in total. The molecule has 2 rings (SSSR count). The van der Waals surface area contributed by atoms with Crippen LogP contribution in [0.5, 0.6) is 0 Å². The van der Waals surface area contributed by atoms with Crippen molar-refractivity contribution in [3.05, 3.63) is 59.9 Å². The third-order valence-corrected chi connectivity index (χ3v) is 2.57. The van der Waals surface area contributed by atoms with Crippen molar-refractivity contribution >= 4 is 0 Å². The molecule has 0 aliphatic heterocycles. The van der Waals surface area contributed by atoms with Gasteiger partial charge in [0.1, 0.15) is 0 Å². The van der Waals surface area contributed by atoms with E-state index in [1.165, 1.54) is 11.1 Å². The third kappa shape index (κ3) is 2.70. The van der Waals surface area contributed by atoms with Crippen LogP contribution >= 0.6 is 0 Å². The molecule has 0 aliphatic carbocycles. The summed E-state index contributed by atoms with van der Waals surface area (Å²) in [5.41, 5.74) is 2.62. The van der Waals surface area contributed by atoms with Crippen LogP contribution in [0.2, 0.25) is 0 Å². The molecule has 1 heterocycles. The minimum atomic E-state index is 0.390. The molecule has 0 aliphatic rings. The summed E-state index contributed by atoms with van der Waals surface area (Å²) in [5, 5.41) is 3.48. The van der Waals surface area contributed by atoms with E-state index in [2.05, 4.69) is 47.6 Å². The first-order valence-corrected chi connectivity index (χ1v) is 5.26. The molecule has 2 heteroatoms. The number of nitrogens with one attached hydrogen (secondary N) is 2. The van der Waals surface area contributed by atoms with Gasteiger partial charge >= 0.3 is 0 Å². The Labute approximate surface area is 90.3 Å². The van der Waals surface area contributed by atoms with Crippen molar-refractivity contribution in [3.63, 3.8) is 0 Å². The Morgan fingerprint density at radius 1 is 1.20 bits per heavy atom. The van der Waals surface area contributed by atoms with Crippen molar-refractivity contribution in [1.82, 2.24) is 10.3 Å². The molecule has 15 heavy (non-hydrogen) atoms. The van der Waals surface area contributed by atoms with E-state index in [0.717, 1.165) is 6.54 Å². The molecule has 0 radical (unpaired) electrons. The van der Waals surface area contributed by atoms with Gasteiger partial charge in [0.25, 0.3) is 0 Å². The number of hydrogen-bond donors (Lipinski definition) is 2. The number of aromatic nitrogens is 1. The van der Waals surface area contributed by atoms with Crippen LogP contribution in [0.15, 0.2) is 48.8 Å². The number of aromatic amines is 1. The molecule has 0 fully saturated rings. The van der Waals surface area contributed by atoms with E-state index < -0.39 is 0 Å². The summed E-state index contributed by atoms with van der Waals surface area (Å²) < 4.78 is 0. The van der Waals surface area contributed by atoms with Gasteiger partial charge in [-0.3, -0.25) is 0 Å². The van der Waals surface area contributed by atoms with E-state index in [-0.39, 0.29) is 0 Å². The first kappa shape index (κ1) is 9.99. The molecule has 0 amide bonds. The second-order valence-electron chi connectivity index (χ2n) is 3.73. The lowest BCUT2D eigenvalue weighted by molar-refractivity contribution is 0.575. The summed E-state index contributed by atoms with van der Waals surface area (Å²) in [6.07, 6.45) is 3.97. The molecule has 0 saturated carbocycles. The predicted octanol–water partition coefficient (Wildman–Crippen LogP) is 2.87. The van der Waals surface area contributed by atoms with Gasteiger partial charge in [-0.1, -0.05) is 30.3 Å². The molecule has 0 spiro atoms. The van der Waals surface area contributed by atoms with Crippen molar-refractivity contribution in [2.45, 2.75) is 19.5 Å². The Morgan fingerprint density at radius 2 is 2.00 bits per heavy atom. The normalized spacial score (nSPS) is 12.6. The smallest absolute Gasteiger partial charge is 0.0294 e. The lowest BCUT2D eigenvalue weighted by Gasteiger charge is -2.13. The van der Waals surface area contributed by atoms with E-state index in [1.54, 1.807) is 0 Å². The van der Waals surface area contributed by atoms with E-state index in [9.17, 15) is 0 Å². The molecule has 1 aromatic carbocycles. The summed E-state index contributed by atoms with van der Waals surface area (Å²) in [6, 6.07) is 13.0. The highest BCUT2D eigenvalue weighted by atomic mass is 14.9. The van der Waals surface area contributed by atoms with Gasteiger partial charge in [0.05, 0.1) is 0 Å². The van der Waals surface area contributed by atoms with Crippen LogP contribution in [0.25, 0.3) is 0 Å². The highest BCUT2D eigenvalue weighted by Crippen LogP contribution is 2.11. The van der Waals surface area contributed by atoms with Gasteiger partial charge in [0.2, 0.25) is 0 Å². The lowest BCUT2D eigenvalue weighted by atomic mass is 10.1. The lowest BCUT2D eigenvalue weighted by Crippen LogP contribution is -2.17. The van der Waals surface area contributed by atoms with Crippen LogP contribution in [-0.4, -0.2) is 4.98 Å². The Balaban J connectivity index is 1.90. The van der Waals surface area contributed by atoms with Crippen molar-refractivity contribution in [1.29, 1.82) is 0 Å². The Kier molecular flexibility index (Phi) is 3.20. The van der Waals surface area contributed by atoms with Gasteiger partial charge in [-0.15, -0.1) is 0 Å². The van der Waals surface area contributed by atoms with Crippen LogP contribution in [-0.2, 0) is 6.54 Å². The summed E-state index contributed by atoms with van der Waals surface area (Å²) in [4.78, 5) is 3.05. The van der Waals surface area contributed by atoms with Gasteiger partial charge in [-0.05, 0) is 24.1 Å². The summed E-state index contributed by atoms with van der Waals surface area (Å²) in [7, 11) is 0. The zero-order valence-electron chi connectivity index (χ0n) is 8.90. The maximum atomic E-state index is 3.48. The topological polar surface area (TPSA) is 27.8 Å². The van der Waals surface area contributed by atoms with E-state index in [1.807, 2.05) is 18.5 Å². The average Bonchev–Trinajstić information content (AvgIpc) is 2.80. The first-order valence-electron chi connectivity index (χ1n) is 5.26. The monoisotopic (exact) mass is 200 g/mol. The third-order valence-electron chi connectivity index (χ3n) is 2.57. The largest absolute Gasteiger partial charge is 0.367 e. The SMILES string of the molecule is C[C@H](NCc1cc[nH]c1)c1ccccc1. The molecular formula is C13H16N2. The molecule has 2 N–H and O–H groups in total. The summed E-state index contributed by atoms with van der Waals surface area (Å²) in [5.74, 6) is 0. The fourth-order valence-electron chi connectivity index (χ4n) is 1.60. The Hall–Kier alpha value is -1.54. The van der Waals surface area contributed by atoms with Crippen molar-refractivity contribution < 1.29 is 0 Å². The zero-order chi connectivity index (χ0) is 10.5. The minimum absolute atomic E-state index is 0.390. The van der Waals surface area contributed by atoms with Gasteiger partial charge in [-0.25, -0.2) is 0 Å². The number of hydrogen-bond acceptors (Lipinski definition) is 1. The number of benzene rings is 1. The van der Waals surface area contributed by atoms with Crippen molar-refractivity contribution in [2.75, 3.05) is 0 Å². The molecule has 0 unspecified atom stereocenters. The van der Waals surface area contributed by atoms with Gasteiger partial charge in [0.15, 0.2) is 0 Å². The molecule has 0 saturated heterocycles. The van der Waals surface area contributed by atoms with E-state index >= 15 is 0 Å². The van der Waals surface area contributed by atoms with E-state index in [4.69, 9.17) is 0 Å². The summed E-state index contributed by atoms with van der Waals surface area (Å²) >= 11 is 0. The quantitative estimate of drug-likeness (QED) is 0.780. The van der Waals surface area contributed by atoms with Gasteiger partial charge < -0.3 is 10.3 Å².